The largest absolute Gasteiger partial charge is 0.483 e. The van der Waals surface area contributed by atoms with E-state index in [1.807, 2.05) is 49.1 Å². The van der Waals surface area contributed by atoms with Gasteiger partial charge in [0.2, 0.25) is 0 Å². The van der Waals surface area contributed by atoms with Crippen LogP contribution >= 0.6 is 0 Å². The van der Waals surface area contributed by atoms with E-state index in [0.29, 0.717) is 13.1 Å². The molecule has 1 aromatic heterocycles. The van der Waals surface area contributed by atoms with Crippen LogP contribution in [0.25, 0.3) is 0 Å². The lowest BCUT2D eigenvalue weighted by atomic mass is 10.1. The second-order valence-corrected chi connectivity index (χ2v) is 7.54. The van der Waals surface area contributed by atoms with Gasteiger partial charge in [0.1, 0.15) is 5.75 Å². The topological polar surface area (TPSA) is 54.9 Å². The van der Waals surface area contributed by atoms with Crippen LogP contribution in [0, 0.1) is 13.8 Å². The Morgan fingerprint density at radius 3 is 2.69 bits per heavy atom. The van der Waals surface area contributed by atoms with E-state index in [1.54, 1.807) is 12.4 Å². The molecule has 0 bridgehead atoms. The van der Waals surface area contributed by atoms with E-state index in [2.05, 4.69) is 9.88 Å². The highest BCUT2D eigenvalue weighted by Gasteiger charge is 2.17. The number of aryl methyl sites for hydroxylation is 2. The maximum absolute atomic E-state index is 13.0. The molecular formula is C23H31N3O3. The Balaban J connectivity index is 1.58. The summed E-state index contributed by atoms with van der Waals surface area (Å²) in [6, 6.07) is 9.95. The molecule has 29 heavy (non-hydrogen) atoms. The molecule has 0 aliphatic carbocycles. The van der Waals surface area contributed by atoms with Crippen molar-refractivity contribution in [2.75, 3.05) is 46.0 Å². The molecule has 1 aromatic carbocycles. The van der Waals surface area contributed by atoms with Crippen molar-refractivity contribution >= 4 is 5.91 Å². The lowest BCUT2D eigenvalue weighted by Crippen LogP contribution is -2.40. The van der Waals surface area contributed by atoms with Crippen molar-refractivity contribution in [2.45, 2.75) is 26.8 Å². The first-order valence-electron chi connectivity index (χ1n) is 10.3. The van der Waals surface area contributed by atoms with E-state index >= 15 is 0 Å². The molecule has 1 amide bonds. The Hall–Kier alpha value is -2.44. The lowest BCUT2D eigenvalue weighted by molar-refractivity contribution is -0.134. The zero-order valence-electron chi connectivity index (χ0n) is 17.5. The van der Waals surface area contributed by atoms with Gasteiger partial charge < -0.3 is 14.4 Å². The van der Waals surface area contributed by atoms with Gasteiger partial charge in [-0.2, -0.15) is 0 Å². The van der Waals surface area contributed by atoms with Gasteiger partial charge in [0.15, 0.2) is 6.61 Å². The minimum atomic E-state index is 0.00435. The average Bonchev–Trinajstić information content (AvgIpc) is 2.75. The summed E-state index contributed by atoms with van der Waals surface area (Å²) in [5, 5.41) is 0. The minimum Gasteiger partial charge on any atom is -0.483 e. The lowest BCUT2D eigenvalue weighted by Gasteiger charge is -2.28. The van der Waals surface area contributed by atoms with Crippen molar-refractivity contribution in [1.82, 2.24) is 14.8 Å². The highest BCUT2D eigenvalue weighted by Crippen LogP contribution is 2.19. The summed E-state index contributed by atoms with van der Waals surface area (Å²) in [6.07, 6.45) is 4.46. The molecule has 1 saturated heterocycles. The molecule has 1 aliphatic rings. The van der Waals surface area contributed by atoms with Gasteiger partial charge >= 0.3 is 0 Å². The summed E-state index contributed by atoms with van der Waals surface area (Å²) in [5.41, 5.74) is 3.24. The van der Waals surface area contributed by atoms with Crippen LogP contribution in [0.3, 0.4) is 0 Å². The molecular weight excluding hydrogens is 366 g/mol. The third-order valence-electron chi connectivity index (χ3n) is 5.18. The predicted octanol–water partition coefficient (Wildman–Crippen LogP) is 2.83. The Kier molecular flexibility index (Phi) is 8.02. The fourth-order valence-electron chi connectivity index (χ4n) is 3.40. The van der Waals surface area contributed by atoms with Gasteiger partial charge in [-0.15, -0.1) is 0 Å². The fraction of sp³-hybridized carbons (Fsp3) is 0.478. The third kappa shape index (κ3) is 6.84. The molecule has 2 heterocycles. The van der Waals surface area contributed by atoms with Crippen LogP contribution < -0.4 is 4.74 Å². The number of morpholine rings is 1. The minimum absolute atomic E-state index is 0.00435. The SMILES string of the molecule is Cc1ccc(C)c(OCC(=O)N(CCCN2CCOCC2)Cc2ccncc2)c1. The summed E-state index contributed by atoms with van der Waals surface area (Å²) in [4.78, 5) is 21.3. The first-order valence-corrected chi connectivity index (χ1v) is 10.3. The first-order chi connectivity index (χ1) is 14.1. The Bertz CT molecular complexity index is 776. The summed E-state index contributed by atoms with van der Waals surface area (Å²) < 4.78 is 11.3. The second-order valence-electron chi connectivity index (χ2n) is 7.54. The van der Waals surface area contributed by atoms with Gasteiger partial charge in [-0.3, -0.25) is 14.7 Å². The van der Waals surface area contributed by atoms with E-state index in [4.69, 9.17) is 9.47 Å². The van der Waals surface area contributed by atoms with E-state index < -0.39 is 0 Å². The quantitative estimate of drug-likeness (QED) is 0.651. The molecule has 0 spiro atoms. The summed E-state index contributed by atoms with van der Waals surface area (Å²) in [5.74, 6) is 0.778. The van der Waals surface area contributed by atoms with Crippen molar-refractivity contribution in [3.63, 3.8) is 0 Å². The molecule has 2 aromatic rings. The zero-order valence-corrected chi connectivity index (χ0v) is 17.5. The number of hydrogen-bond donors (Lipinski definition) is 0. The van der Waals surface area contributed by atoms with Crippen LogP contribution in [0.4, 0.5) is 0 Å². The number of aromatic nitrogens is 1. The van der Waals surface area contributed by atoms with Gasteiger partial charge in [0.25, 0.3) is 5.91 Å². The number of benzene rings is 1. The number of hydrogen-bond acceptors (Lipinski definition) is 5. The number of ether oxygens (including phenoxy) is 2. The van der Waals surface area contributed by atoms with Crippen LogP contribution in [0.5, 0.6) is 5.75 Å². The smallest absolute Gasteiger partial charge is 0.260 e. The van der Waals surface area contributed by atoms with Crippen LogP contribution in [-0.2, 0) is 16.1 Å². The Morgan fingerprint density at radius 1 is 1.17 bits per heavy atom. The van der Waals surface area contributed by atoms with Gasteiger partial charge in [-0.1, -0.05) is 12.1 Å². The molecule has 0 unspecified atom stereocenters. The van der Waals surface area contributed by atoms with E-state index in [9.17, 15) is 4.79 Å². The molecule has 6 nitrogen and oxygen atoms in total. The van der Waals surface area contributed by atoms with Crippen molar-refractivity contribution < 1.29 is 14.3 Å². The van der Waals surface area contributed by atoms with Crippen molar-refractivity contribution in [2.24, 2.45) is 0 Å². The highest BCUT2D eigenvalue weighted by atomic mass is 16.5. The van der Waals surface area contributed by atoms with Crippen molar-refractivity contribution in [3.8, 4) is 5.75 Å². The number of carbonyl (C=O) groups excluding carboxylic acids is 1. The third-order valence-corrected chi connectivity index (χ3v) is 5.18. The molecule has 1 fully saturated rings. The highest BCUT2D eigenvalue weighted by molar-refractivity contribution is 5.77. The molecule has 156 valence electrons. The van der Waals surface area contributed by atoms with Gasteiger partial charge in [-0.25, -0.2) is 0 Å². The number of amides is 1. The Morgan fingerprint density at radius 2 is 1.93 bits per heavy atom. The predicted molar refractivity (Wildman–Crippen MR) is 113 cm³/mol. The molecule has 0 saturated carbocycles. The molecule has 6 heteroatoms. The number of carbonyl (C=O) groups is 1. The molecule has 1 aliphatic heterocycles. The van der Waals surface area contributed by atoms with Gasteiger partial charge in [0.05, 0.1) is 13.2 Å². The second kappa shape index (κ2) is 10.9. The van der Waals surface area contributed by atoms with E-state index in [0.717, 1.165) is 61.7 Å². The molecule has 0 N–H and O–H groups in total. The maximum atomic E-state index is 13.0. The molecule has 3 rings (SSSR count). The first kappa shape index (κ1) is 21.3. The fourth-order valence-corrected chi connectivity index (χ4v) is 3.40. The van der Waals surface area contributed by atoms with Crippen LogP contribution in [0.15, 0.2) is 42.7 Å². The van der Waals surface area contributed by atoms with Gasteiger partial charge in [0, 0.05) is 45.1 Å². The number of pyridine rings is 1. The van der Waals surface area contributed by atoms with E-state index in [1.165, 1.54) is 0 Å². The van der Waals surface area contributed by atoms with Gasteiger partial charge in [-0.05, 0) is 55.2 Å². The summed E-state index contributed by atoms with van der Waals surface area (Å²) in [7, 11) is 0. The monoisotopic (exact) mass is 397 g/mol. The van der Waals surface area contributed by atoms with Crippen molar-refractivity contribution in [3.05, 3.63) is 59.4 Å². The maximum Gasteiger partial charge on any atom is 0.260 e. The summed E-state index contributed by atoms with van der Waals surface area (Å²) in [6.45, 7) is 9.84. The van der Waals surface area contributed by atoms with E-state index in [-0.39, 0.29) is 12.5 Å². The average molecular weight is 398 g/mol. The zero-order chi connectivity index (χ0) is 20.5. The standard InChI is InChI=1S/C23H31N3O3/c1-19-4-5-20(2)22(16-19)29-18-23(27)26(17-21-6-8-24-9-7-21)11-3-10-25-12-14-28-15-13-25/h4-9,16H,3,10-15,17-18H2,1-2H3. The van der Waals surface area contributed by atoms with Crippen LogP contribution in [0.1, 0.15) is 23.1 Å². The van der Waals surface area contributed by atoms with Crippen molar-refractivity contribution in [1.29, 1.82) is 0 Å². The number of nitrogens with zero attached hydrogens (tertiary/aromatic N) is 3. The Labute approximate surface area is 173 Å². The molecule has 0 radical (unpaired) electrons. The number of rotatable bonds is 9. The van der Waals surface area contributed by atoms with Crippen LogP contribution in [-0.4, -0.2) is 66.7 Å². The normalized spacial score (nSPS) is 14.6. The summed E-state index contributed by atoms with van der Waals surface area (Å²) >= 11 is 0. The van der Waals surface area contributed by atoms with Crippen LogP contribution in [0.2, 0.25) is 0 Å². The molecule has 0 atom stereocenters.